The normalized spacial score (nSPS) is 10.5. The molecule has 0 spiro atoms. The van der Waals surface area contributed by atoms with Gasteiger partial charge in [0.15, 0.2) is 0 Å². The molecule has 2 amide bonds. The zero-order valence-corrected chi connectivity index (χ0v) is 19.6. The van der Waals surface area contributed by atoms with Crippen LogP contribution >= 0.6 is 15.9 Å². The number of para-hydroxylation sites is 1. The quantitative estimate of drug-likeness (QED) is 0.436. The van der Waals surface area contributed by atoms with Crippen molar-refractivity contribution in [2.75, 3.05) is 32.3 Å². The van der Waals surface area contributed by atoms with E-state index in [2.05, 4.69) is 21.2 Å². The van der Waals surface area contributed by atoms with Gasteiger partial charge < -0.3 is 19.7 Å². The first-order valence-electron chi connectivity index (χ1n) is 10.1. The molecule has 0 aliphatic carbocycles. The van der Waals surface area contributed by atoms with Gasteiger partial charge in [-0.25, -0.2) is 0 Å². The van der Waals surface area contributed by atoms with Crippen LogP contribution in [0.2, 0.25) is 0 Å². The van der Waals surface area contributed by atoms with E-state index in [-0.39, 0.29) is 11.8 Å². The van der Waals surface area contributed by atoms with Crippen molar-refractivity contribution >= 4 is 33.4 Å². The Morgan fingerprint density at radius 1 is 0.938 bits per heavy atom. The third-order valence-electron chi connectivity index (χ3n) is 4.83. The fourth-order valence-electron chi connectivity index (χ4n) is 3.15. The summed E-state index contributed by atoms with van der Waals surface area (Å²) < 4.78 is 11.5. The van der Waals surface area contributed by atoms with Crippen molar-refractivity contribution < 1.29 is 19.1 Å². The summed E-state index contributed by atoms with van der Waals surface area (Å²) >= 11 is 3.42. The number of anilines is 1. The number of ether oxygens (including phenoxy) is 2. The van der Waals surface area contributed by atoms with Gasteiger partial charge in [0.2, 0.25) is 0 Å². The van der Waals surface area contributed by atoms with Gasteiger partial charge in [0.05, 0.1) is 23.4 Å². The molecule has 166 valence electrons. The first kappa shape index (κ1) is 23.5. The molecular weight excluding hydrogens is 472 g/mol. The highest BCUT2D eigenvalue weighted by atomic mass is 79.9. The number of nitrogens with zero attached hydrogens (tertiary/aromatic N) is 1. The Balaban J connectivity index is 1.82. The van der Waals surface area contributed by atoms with Gasteiger partial charge in [-0.2, -0.15) is 0 Å². The molecule has 32 heavy (non-hydrogen) atoms. The molecule has 0 fully saturated rings. The Labute approximate surface area is 196 Å². The highest BCUT2D eigenvalue weighted by Crippen LogP contribution is 2.28. The molecule has 0 saturated carbocycles. The summed E-state index contributed by atoms with van der Waals surface area (Å²) in [6.45, 7) is 1.12. The van der Waals surface area contributed by atoms with Gasteiger partial charge in [0.1, 0.15) is 12.4 Å². The van der Waals surface area contributed by atoms with Gasteiger partial charge in [-0.15, -0.1) is 0 Å². The van der Waals surface area contributed by atoms with Crippen molar-refractivity contribution in [1.82, 2.24) is 5.32 Å². The molecule has 3 aromatic rings. The van der Waals surface area contributed by atoms with Gasteiger partial charge in [0, 0.05) is 25.2 Å². The lowest BCUT2D eigenvalue weighted by Gasteiger charge is -2.22. The lowest BCUT2D eigenvalue weighted by atomic mass is 10.1. The summed E-state index contributed by atoms with van der Waals surface area (Å²) in [5, 5.41) is 2.92. The van der Waals surface area contributed by atoms with Crippen LogP contribution in [0.15, 0.2) is 77.3 Å². The molecule has 3 aromatic carbocycles. The zero-order valence-electron chi connectivity index (χ0n) is 18.0. The largest absolute Gasteiger partial charge is 0.490 e. The number of nitrogens with one attached hydrogen (secondary N) is 1. The molecule has 0 aliphatic heterocycles. The first-order chi connectivity index (χ1) is 15.5. The molecule has 1 N–H and O–H groups in total. The summed E-state index contributed by atoms with van der Waals surface area (Å²) in [4.78, 5) is 27.7. The minimum absolute atomic E-state index is 0.255. The number of hydrogen-bond acceptors (Lipinski definition) is 4. The van der Waals surface area contributed by atoms with Crippen LogP contribution in [-0.4, -0.2) is 39.2 Å². The fraction of sp³-hybridized carbons (Fsp3) is 0.200. The van der Waals surface area contributed by atoms with Crippen molar-refractivity contribution in [1.29, 1.82) is 0 Å². The van der Waals surface area contributed by atoms with Crippen LogP contribution < -0.4 is 15.0 Å². The molecule has 0 heterocycles. The van der Waals surface area contributed by atoms with Crippen LogP contribution in [-0.2, 0) is 11.3 Å². The highest BCUT2D eigenvalue weighted by molar-refractivity contribution is 9.10. The monoisotopic (exact) mass is 496 g/mol. The number of amides is 2. The van der Waals surface area contributed by atoms with E-state index < -0.39 is 0 Å². The third kappa shape index (κ3) is 5.96. The van der Waals surface area contributed by atoms with Crippen molar-refractivity contribution in [3.63, 3.8) is 0 Å². The van der Waals surface area contributed by atoms with Gasteiger partial charge in [-0.3, -0.25) is 9.59 Å². The Morgan fingerprint density at radius 2 is 1.66 bits per heavy atom. The van der Waals surface area contributed by atoms with Crippen LogP contribution in [0, 0.1) is 0 Å². The molecule has 0 aliphatic rings. The summed E-state index contributed by atoms with van der Waals surface area (Å²) in [7, 11) is 3.23. The molecule has 6 nitrogen and oxygen atoms in total. The maximum atomic E-state index is 13.4. The van der Waals surface area contributed by atoms with E-state index in [1.807, 2.05) is 36.4 Å². The molecule has 0 aromatic heterocycles. The Bertz CT molecular complexity index is 1070. The van der Waals surface area contributed by atoms with E-state index in [9.17, 15) is 9.59 Å². The average molecular weight is 497 g/mol. The Kier molecular flexibility index (Phi) is 8.41. The average Bonchev–Trinajstić information content (AvgIpc) is 2.83. The first-order valence-corrected chi connectivity index (χ1v) is 10.9. The Hall–Kier alpha value is -3.16. The van der Waals surface area contributed by atoms with Crippen molar-refractivity contribution in [3.8, 4) is 5.75 Å². The second-order valence-electron chi connectivity index (χ2n) is 7.03. The Morgan fingerprint density at radius 3 is 2.41 bits per heavy atom. The zero-order chi connectivity index (χ0) is 22.9. The minimum atomic E-state index is -0.290. The molecule has 0 radical (unpaired) electrons. The molecule has 0 bridgehead atoms. The summed E-state index contributed by atoms with van der Waals surface area (Å²) in [5.41, 5.74) is 2.30. The predicted molar refractivity (Wildman–Crippen MR) is 128 cm³/mol. The number of methoxy groups -OCH3 is 1. The number of hydrogen-bond donors (Lipinski definition) is 1. The van der Waals surface area contributed by atoms with Crippen molar-refractivity contribution in [3.05, 3.63) is 94.0 Å². The minimum Gasteiger partial charge on any atom is -0.490 e. The smallest absolute Gasteiger partial charge is 0.261 e. The summed E-state index contributed by atoms with van der Waals surface area (Å²) in [6.07, 6.45) is 0. The number of benzene rings is 3. The molecule has 0 unspecified atom stereocenters. The summed E-state index contributed by atoms with van der Waals surface area (Å²) in [5.74, 6) is -0.0925. The molecular formula is C25H25BrN2O4. The van der Waals surface area contributed by atoms with Crippen LogP contribution in [0.25, 0.3) is 0 Å². The topological polar surface area (TPSA) is 67.9 Å². The van der Waals surface area contributed by atoms with Crippen LogP contribution in [0.1, 0.15) is 26.3 Å². The SMILES string of the molecule is COCCOc1ccc(Br)cc1C(=O)N(C)c1ccccc1C(=O)NCc1ccccc1. The second-order valence-corrected chi connectivity index (χ2v) is 7.95. The van der Waals surface area contributed by atoms with Gasteiger partial charge in [-0.1, -0.05) is 58.4 Å². The molecule has 7 heteroatoms. The maximum absolute atomic E-state index is 13.4. The van der Waals surface area contributed by atoms with E-state index in [1.54, 1.807) is 50.6 Å². The molecule has 0 saturated heterocycles. The van der Waals surface area contributed by atoms with Crippen molar-refractivity contribution in [2.24, 2.45) is 0 Å². The van der Waals surface area contributed by atoms with Crippen LogP contribution in [0.5, 0.6) is 5.75 Å². The van der Waals surface area contributed by atoms with E-state index in [0.29, 0.717) is 42.3 Å². The number of rotatable bonds is 9. The van der Waals surface area contributed by atoms with Gasteiger partial charge >= 0.3 is 0 Å². The number of carbonyl (C=O) groups is 2. The van der Waals surface area contributed by atoms with E-state index in [0.717, 1.165) is 10.0 Å². The summed E-state index contributed by atoms with van der Waals surface area (Å²) in [6, 6.07) is 21.9. The van der Waals surface area contributed by atoms with Gasteiger partial charge in [0.25, 0.3) is 11.8 Å². The van der Waals surface area contributed by atoms with E-state index in [1.165, 1.54) is 4.90 Å². The van der Waals surface area contributed by atoms with E-state index >= 15 is 0 Å². The predicted octanol–water partition coefficient (Wildman–Crippen LogP) is 4.68. The van der Waals surface area contributed by atoms with E-state index in [4.69, 9.17) is 9.47 Å². The second kappa shape index (κ2) is 11.5. The standard InChI is InChI=1S/C25H25BrN2O4/c1-28(25(30)21-16-19(26)12-13-23(21)32-15-14-31-2)22-11-7-6-10-20(22)24(29)27-17-18-8-4-3-5-9-18/h3-13,16H,14-15,17H2,1-2H3,(H,27,29). The van der Waals surface area contributed by atoms with Crippen molar-refractivity contribution in [2.45, 2.75) is 6.54 Å². The molecule has 0 atom stereocenters. The van der Waals surface area contributed by atoms with Crippen LogP contribution in [0.3, 0.4) is 0 Å². The number of carbonyl (C=O) groups excluding carboxylic acids is 2. The molecule has 3 rings (SSSR count). The lowest BCUT2D eigenvalue weighted by molar-refractivity contribution is 0.0951. The fourth-order valence-corrected chi connectivity index (χ4v) is 3.51. The maximum Gasteiger partial charge on any atom is 0.261 e. The van der Waals surface area contributed by atoms with Gasteiger partial charge in [-0.05, 0) is 35.9 Å². The third-order valence-corrected chi connectivity index (χ3v) is 5.32. The number of halogens is 1. The lowest BCUT2D eigenvalue weighted by Crippen LogP contribution is -2.31. The highest BCUT2D eigenvalue weighted by Gasteiger charge is 2.22. The van der Waals surface area contributed by atoms with Crippen LogP contribution in [0.4, 0.5) is 5.69 Å².